The summed E-state index contributed by atoms with van der Waals surface area (Å²) in [4.78, 5) is 9.81. The quantitative estimate of drug-likeness (QED) is 0.744. The van der Waals surface area contributed by atoms with E-state index >= 15 is 0 Å². The summed E-state index contributed by atoms with van der Waals surface area (Å²) in [5.74, 6) is 0. The van der Waals surface area contributed by atoms with Crippen molar-refractivity contribution in [2.45, 2.75) is 13.2 Å². The van der Waals surface area contributed by atoms with Crippen molar-refractivity contribution in [3.63, 3.8) is 0 Å². The summed E-state index contributed by atoms with van der Waals surface area (Å²) in [6, 6.07) is 10.1. The summed E-state index contributed by atoms with van der Waals surface area (Å²) >= 11 is 1.64. The molecule has 0 aliphatic rings. The molecule has 2 rings (SSSR count). The molecule has 0 unspecified atom stereocenters. The lowest BCUT2D eigenvalue weighted by atomic mass is 10.2. The molecular weight excluding hydrogens is 220 g/mol. The summed E-state index contributed by atoms with van der Waals surface area (Å²) in [5, 5.41) is 4.85. The number of hydroxylamine groups is 2. The van der Waals surface area contributed by atoms with Crippen LogP contribution in [-0.2, 0) is 18.0 Å². The second-order valence-electron chi connectivity index (χ2n) is 3.47. The SMILES string of the molecule is CN(Cc1nccs1)OCc1ccccc1. The van der Waals surface area contributed by atoms with Gasteiger partial charge in [-0.25, -0.2) is 4.98 Å². The molecule has 0 bridgehead atoms. The van der Waals surface area contributed by atoms with E-state index in [1.54, 1.807) is 11.3 Å². The molecule has 1 aromatic carbocycles. The highest BCUT2D eigenvalue weighted by molar-refractivity contribution is 7.09. The van der Waals surface area contributed by atoms with E-state index in [4.69, 9.17) is 4.84 Å². The Morgan fingerprint density at radius 3 is 2.81 bits per heavy atom. The van der Waals surface area contributed by atoms with Crippen LogP contribution in [0.4, 0.5) is 0 Å². The van der Waals surface area contributed by atoms with E-state index < -0.39 is 0 Å². The van der Waals surface area contributed by atoms with Gasteiger partial charge in [-0.3, -0.25) is 4.84 Å². The van der Waals surface area contributed by atoms with Crippen LogP contribution in [-0.4, -0.2) is 17.1 Å². The topological polar surface area (TPSA) is 25.4 Å². The van der Waals surface area contributed by atoms with Gasteiger partial charge in [-0.2, -0.15) is 5.06 Å². The molecule has 0 saturated carbocycles. The third-order valence-electron chi connectivity index (χ3n) is 2.14. The van der Waals surface area contributed by atoms with Gasteiger partial charge in [0.25, 0.3) is 0 Å². The van der Waals surface area contributed by atoms with Crippen LogP contribution in [0.1, 0.15) is 10.6 Å². The molecule has 84 valence electrons. The Bertz CT molecular complexity index is 402. The summed E-state index contributed by atoms with van der Waals surface area (Å²) in [5.41, 5.74) is 1.17. The number of hydrogen-bond donors (Lipinski definition) is 0. The van der Waals surface area contributed by atoms with Gasteiger partial charge in [-0.1, -0.05) is 30.3 Å². The van der Waals surface area contributed by atoms with Crippen molar-refractivity contribution in [3.05, 3.63) is 52.5 Å². The molecule has 3 nitrogen and oxygen atoms in total. The Morgan fingerprint density at radius 2 is 2.12 bits per heavy atom. The fourth-order valence-electron chi connectivity index (χ4n) is 1.33. The Hall–Kier alpha value is -1.23. The molecule has 0 aliphatic heterocycles. The molecule has 0 atom stereocenters. The first kappa shape index (κ1) is 11.3. The lowest BCUT2D eigenvalue weighted by Crippen LogP contribution is -2.18. The molecule has 2 aromatic rings. The molecule has 0 N–H and O–H groups in total. The normalized spacial score (nSPS) is 10.9. The van der Waals surface area contributed by atoms with Crippen LogP contribution in [0, 0.1) is 0 Å². The molecule has 0 radical (unpaired) electrons. The highest BCUT2D eigenvalue weighted by atomic mass is 32.1. The van der Waals surface area contributed by atoms with Gasteiger partial charge in [0.1, 0.15) is 5.01 Å². The molecule has 4 heteroatoms. The van der Waals surface area contributed by atoms with Crippen LogP contribution >= 0.6 is 11.3 Å². The molecule has 1 heterocycles. The van der Waals surface area contributed by atoms with Crippen LogP contribution in [0.3, 0.4) is 0 Å². The monoisotopic (exact) mass is 234 g/mol. The van der Waals surface area contributed by atoms with E-state index in [1.807, 2.05) is 41.9 Å². The van der Waals surface area contributed by atoms with Crippen molar-refractivity contribution in [2.24, 2.45) is 0 Å². The van der Waals surface area contributed by atoms with E-state index in [2.05, 4.69) is 17.1 Å². The number of hydrogen-bond acceptors (Lipinski definition) is 4. The van der Waals surface area contributed by atoms with E-state index in [0.717, 1.165) is 11.6 Å². The van der Waals surface area contributed by atoms with E-state index in [1.165, 1.54) is 5.56 Å². The predicted octanol–water partition coefficient (Wildman–Crippen LogP) is 2.71. The van der Waals surface area contributed by atoms with Crippen molar-refractivity contribution in [1.29, 1.82) is 0 Å². The number of nitrogens with zero attached hydrogens (tertiary/aromatic N) is 2. The maximum Gasteiger partial charge on any atom is 0.109 e. The molecule has 1 aromatic heterocycles. The van der Waals surface area contributed by atoms with Gasteiger partial charge in [0.05, 0.1) is 13.2 Å². The third-order valence-corrected chi connectivity index (χ3v) is 2.90. The largest absolute Gasteiger partial charge is 0.294 e. The van der Waals surface area contributed by atoms with Gasteiger partial charge in [0.2, 0.25) is 0 Å². The van der Waals surface area contributed by atoms with Gasteiger partial charge in [-0.15, -0.1) is 11.3 Å². The molecule has 0 spiro atoms. The summed E-state index contributed by atoms with van der Waals surface area (Å²) in [7, 11) is 1.92. The average molecular weight is 234 g/mol. The lowest BCUT2D eigenvalue weighted by molar-refractivity contribution is -0.157. The Morgan fingerprint density at radius 1 is 1.31 bits per heavy atom. The highest BCUT2D eigenvalue weighted by Gasteiger charge is 2.02. The predicted molar refractivity (Wildman–Crippen MR) is 64.8 cm³/mol. The lowest BCUT2D eigenvalue weighted by Gasteiger charge is -2.14. The Kier molecular flexibility index (Phi) is 4.04. The van der Waals surface area contributed by atoms with Crippen LogP contribution in [0.25, 0.3) is 0 Å². The summed E-state index contributed by atoms with van der Waals surface area (Å²) in [6.45, 7) is 1.33. The number of thiazole rings is 1. The van der Waals surface area contributed by atoms with Crippen molar-refractivity contribution in [1.82, 2.24) is 10.0 Å². The summed E-state index contributed by atoms with van der Waals surface area (Å²) < 4.78 is 0. The Labute approximate surface area is 99.3 Å². The van der Waals surface area contributed by atoms with Crippen LogP contribution in [0.15, 0.2) is 41.9 Å². The van der Waals surface area contributed by atoms with E-state index in [0.29, 0.717) is 6.61 Å². The zero-order valence-corrected chi connectivity index (χ0v) is 9.98. The van der Waals surface area contributed by atoms with Gasteiger partial charge in [0.15, 0.2) is 0 Å². The van der Waals surface area contributed by atoms with Crippen molar-refractivity contribution in [3.8, 4) is 0 Å². The van der Waals surface area contributed by atoms with Gasteiger partial charge >= 0.3 is 0 Å². The Balaban J connectivity index is 1.78. The standard InChI is InChI=1S/C12H14N2OS/c1-14(9-12-13-7-8-16-12)15-10-11-5-3-2-4-6-11/h2-8H,9-10H2,1H3. The van der Waals surface area contributed by atoms with Crippen LogP contribution < -0.4 is 0 Å². The van der Waals surface area contributed by atoms with E-state index in [-0.39, 0.29) is 0 Å². The second-order valence-corrected chi connectivity index (χ2v) is 4.45. The second kappa shape index (κ2) is 5.75. The molecule has 0 fully saturated rings. The maximum atomic E-state index is 5.60. The highest BCUT2D eigenvalue weighted by Crippen LogP contribution is 2.08. The minimum absolute atomic E-state index is 0.600. The van der Waals surface area contributed by atoms with Crippen LogP contribution in [0.2, 0.25) is 0 Å². The number of benzene rings is 1. The zero-order valence-electron chi connectivity index (χ0n) is 9.17. The zero-order chi connectivity index (χ0) is 11.2. The van der Waals surface area contributed by atoms with E-state index in [9.17, 15) is 0 Å². The van der Waals surface area contributed by atoms with Crippen molar-refractivity contribution in [2.75, 3.05) is 7.05 Å². The third kappa shape index (κ3) is 3.41. The summed E-state index contributed by atoms with van der Waals surface area (Å²) in [6.07, 6.45) is 1.81. The van der Waals surface area contributed by atoms with Gasteiger partial charge in [0, 0.05) is 18.6 Å². The average Bonchev–Trinajstić information content (AvgIpc) is 2.81. The number of rotatable bonds is 5. The minimum atomic E-state index is 0.600. The van der Waals surface area contributed by atoms with Gasteiger partial charge < -0.3 is 0 Å². The molecule has 0 saturated heterocycles. The van der Waals surface area contributed by atoms with Crippen LogP contribution in [0.5, 0.6) is 0 Å². The maximum absolute atomic E-state index is 5.60. The minimum Gasteiger partial charge on any atom is -0.294 e. The van der Waals surface area contributed by atoms with Crippen molar-refractivity contribution < 1.29 is 4.84 Å². The molecular formula is C12H14N2OS. The fraction of sp³-hybridized carbons (Fsp3) is 0.250. The smallest absolute Gasteiger partial charge is 0.109 e. The molecule has 0 amide bonds. The first-order valence-corrected chi connectivity index (χ1v) is 5.99. The first-order valence-electron chi connectivity index (χ1n) is 5.11. The number of aromatic nitrogens is 1. The van der Waals surface area contributed by atoms with Crippen molar-refractivity contribution >= 4 is 11.3 Å². The molecule has 0 aliphatic carbocycles. The van der Waals surface area contributed by atoms with Gasteiger partial charge in [-0.05, 0) is 5.56 Å². The molecule has 16 heavy (non-hydrogen) atoms. The first-order chi connectivity index (χ1) is 7.84. The fourth-order valence-corrected chi connectivity index (χ4v) is 1.98.